The van der Waals surface area contributed by atoms with Crippen molar-refractivity contribution in [3.63, 3.8) is 0 Å². The molecule has 0 amide bonds. The second-order valence-corrected chi connectivity index (χ2v) is 4.14. The predicted molar refractivity (Wildman–Crippen MR) is 60.1 cm³/mol. The molecule has 2 heteroatoms. The SMILES string of the molecule is CCCC(CC(C)(CC)NC)NC. The molecule has 0 aliphatic rings. The summed E-state index contributed by atoms with van der Waals surface area (Å²) in [5, 5.41) is 6.80. The monoisotopic (exact) mass is 186 g/mol. The van der Waals surface area contributed by atoms with Crippen molar-refractivity contribution in [3.05, 3.63) is 0 Å². The van der Waals surface area contributed by atoms with E-state index in [2.05, 4.69) is 45.5 Å². The van der Waals surface area contributed by atoms with Gasteiger partial charge in [-0.2, -0.15) is 0 Å². The van der Waals surface area contributed by atoms with Gasteiger partial charge < -0.3 is 10.6 Å². The zero-order valence-electron chi connectivity index (χ0n) is 9.91. The van der Waals surface area contributed by atoms with Gasteiger partial charge in [-0.1, -0.05) is 20.3 Å². The zero-order valence-corrected chi connectivity index (χ0v) is 9.91. The number of rotatable bonds is 7. The molecule has 0 spiro atoms. The first-order valence-electron chi connectivity index (χ1n) is 5.48. The molecule has 0 rings (SSSR count). The molecule has 0 heterocycles. The van der Waals surface area contributed by atoms with Gasteiger partial charge in [0.05, 0.1) is 0 Å². The Morgan fingerprint density at radius 2 is 1.85 bits per heavy atom. The molecule has 0 saturated carbocycles. The molecule has 0 saturated heterocycles. The van der Waals surface area contributed by atoms with E-state index >= 15 is 0 Å². The average molecular weight is 186 g/mol. The molecule has 13 heavy (non-hydrogen) atoms. The Morgan fingerprint density at radius 3 is 2.15 bits per heavy atom. The lowest BCUT2D eigenvalue weighted by molar-refractivity contribution is 0.292. The van der Waals surface area contributed by atoms with Gasteiger partial charge in [-0.15, -0.1) is 0 Å². The van der Waals surface area contributed by atoms with E-state index in [0.29, 0.717) is 11.6 Å². The van der Waals surface area contributed by atoms with Gasteiger partial charge in [0.25, 0.3) is 0 Å². The van der Waals surface area contributed by atoms with Gasteiger partial charge in [-0.3, -0.25) is 0 Å². The third kappa shape index (κ3) is 4.63. The van der Waals surface area contributed by atoms with E-state index in [1.54, 1.807) is 0 Å². The summed E-state index contributed by atoms with van der Waals surface area (Å²) in [4.78, 5) is 0. The summed E-state index contributed by atoms with van der Waals surface area (Å²) in [5.41, 5.74) is 0.294. The highest BCUT2D eigenvalue weighted by molar-refractivity contribution is 4.85. The molecule has 0 fully saturated rings. The largest absolute Gasteiger partial charge is 0.317 e. The van der Waals surface area contributed by atoms with Crippen molar-refractivity contribution in [1.29, 1.82) is 0 Å². The Labute approximate surface area is 83.5 Å². The maximum absolute atomic E-state index is 3.41. The first kappa shape index (κ1) is 12.9. The number of hydrogen-bond donors (Lipinski definition) is 2. The van der Waals surface area contributed by atoms with E-state index in [9.17, 15) is 0 Å². The van der Waals surface area contributed by atoms with Crippen molar-refractivity contribution in [2.24, 2.45) is 0 Å². The lowest BCUT2D eigenvalue weighted by atomic mass is 9.89. The Morgan fingerprint density at radius 1 is 1.23 bits per heavy atom. The molecule has 2 nitrogen and oxygen atoms in total. The number of nitrogens with one attached hydrogen (secondary N) is 2. The Balaban J connectivity index is 4.02. The zero-order chi connectivity index (χ0) is 10.3. The summed E-state index contributed by atoms with van der Waals surface area (Å²) in [6.45, 7) is 6.79. The van der Waals surface area contributed by atoms with Crippen LogP contribution < -0.4 is 10.6 Å². The van der Waals surface area contributed by atoms with Crippen LogP contribution in [0.2, 0.25) is 0 Å². The normalized spacial score (nSPS) is 18.2. The van der Waals surface area contributed by atoms with Crippen molar-refractivity contribution in [2.45, 2.75) is 58.0 Å². The lowest BCUT2D eigenvalue weighted by Gasteiger charge is -2.32. The molecule has 80 valence electrons. The number of hydrogen-bond acceptors (Lipinski definition) is 2. The van der Waals surface area contributed by atoms with Gasteiger partial charge >= 0.3 is 0 Å². The smallest absolute Gasteiger partial charge is 0.0162 e. The molecule has 2 atom stereocenters. The third-order valence-electron chi connectivity index (χ3n) is 3.13. The first-order chi connectivity index (χ1) is 6.11. The van der Waals surface area contributed by atoms with Crippen LogP contribution >= 0.6 is 0 Å². The maximum atomic E-state index is 3.41. The van der Waals surface area contributed by atoms with E-state index < -0.39 is 0 Å². The first-order valence-corrected chi connectivity index (χ1v) is 5.48. The highest BCUT2D eigenvalue weighted by Crippen LogP contribution is 2.18. The summed E-state index contributed by atoms with van der Waals surface area (Å²) < 4.78 is 0. The van der Waals surface area contributed by atoms with Crippen LogP contribution in [-0.4, -0.2) is 25.7 Å². The molecule has 0 radical (unpaired) electrons. The van der Waals surface area contributed by atoms with Gasteiger partial charge in [-0.25, -0.2) is 0 Å². The van der Waals surface area contributed by atoms with Crippen LogP contribution in [0.3, 0.4) is 0 Å². The maximum Gasteiger partial charge on any atom is 0.0162 e. The van der Waals surface area contributed by atoms with Crippen molar-refractivity contribution in [3.8, 4) is 0 Å². The van der Waals surface area contributed by atoms with E-state index in [1.165, 1.54) is 25.7 Å². The summed E-state index contributed by atoms with van der Waals surface area (Å²) >= 11 is 0. The summed E-state index contributed by atoms with van der Waals surface area (Å²) in [6.07, 6.45) is 4.93. The molecular weight excluding hydrogens is 160 g/mol. The van der Waals surface area contributed by atoms with E-state index in [4.69, 9.17) is 0 Å². The summed E-state index contributed by atoms with van der Waals surface area (Å²) in [7, 11) is 4.12. The average Bonchev–Trinajstić information content (AvgIpc) is 2.17. The molecule has 0 aliphatic heterocycles. The fourth-order valence-electron chi connectivity index (χ4n) is 1.66. The summed E-state index contributed by atoms with van der Waals surface area (Å²) in [5.74, 6) is 0. The molecule has 0 bridgehead atoms. The van der Waals surface area contributed by atoms with E-state index in [0.717, 1.165) is 0 Å². The quantitative estimate of drug-likeness (QED) is 0.636. The van der Waals surface area contributed by atoms with Gasteiger partial charge in [0.15, 0.2) is 0 Å². The van der Waals surface area contributed by atoms with Crippen LogP contribution in [0.1, 0.15) is 46.5 Å². The van der Waals surface area contributed by atoms with Crippen LogP contribution in [0.5, 0.6) is 0 Å². The molecule has 2 N–H and O–H groups in total. The van der Waals surface area contributed by atoms with Crippen molar-refractivity contribution in [1.82, 2.24) is 10.6 Å². The second-order valence-electron chi connectivity index (χ2n) is 4.14. The van der Waals surface area contributed by atoms with Crippen LogP contribution in [0, 0.1) is 0 Å². The van der Waals surface area contributed by atoms with Gasteiger partial charge in [0.2, 0.25) is 0 Å². The van der Waals surface area contributed by atoms with Crippen molar-refractivity contribution >= 4 is 0 Å². The minimum Gasteiger partial charge on any atom is -0.317 e. The van der Waals surface area contributed by atoms with Crippen LogP contribution in [-0.2, 0) is 0 Å². The predicted octanol–water partition coefficient (Wildman–Crippen LogP) is 2.15. The Bertz CT molecular complexity index is 119. The Kier molecular flexibility index (Phi) is 6.35. The van der Waals surface area contributed by atoms with Gasteiger partial charge in [0.1, 0.15) is 0 Å². The molecule has 2 unspecified atom stereocenters. The second kappa shape index (κ2) is 6.39. The van der Waals surface area contributed by atoms with Gasteiger partial charge in [-0.05, 0) is 40.3 Å². The third-order valence-corrected chi connectivity index (χ3v) is 3.13. The van der Waals surface area contributed by atoms with Crippen LogP contribution in [0.4, 0.5) is 0 Å². The fraction of sp³-hybridized carbons (Fsp3) is 1.00. The molecule has 0 aromatic carbocycles. The standard InChI is InChI=1S/C11H26N2/c1-6-8-10(12-4)9-11(3,7-2)13-5/h10,12-13H,6-9H2,1-5H3. The minimum atomic E-state index is 0.294. The Hall–Kier alpha value is -0.0800. The minimum absolute atomic E-state index is 0.294. The van der Waals surface area contributed by atoms with E-state index in [-0.39, 0.29) is 0 Å². The van der Waals surface area contributed by atoms with Crippen molar-refractivity contribution < 1.29 is 0 Å². The summed E-state index contributed by atoms with van der Waals surface area (Å²) in [6, 6.07) is 0.655. The molecule has 0 aliphatic carbocycles. The molecular formula is C11H26N2. The van der Waals surface area contributed by atoms with E-state index in [1.807, 2.05) is 0 Å². The molecule has 0 aromatic rings. The molecule has 0 aromatic heterocycles. The lowest BCUT2D eigenvalue weighted by Crippen LogP contribution is -2.45. The fourth-order valence-corrected chi connectivity index (χ4v) is 1.66. The van der Waals surface area contributed by atoms with Crippen LogP contribution in [0.25, 0.3) is 0 Å². The highest BCUT2D eigenvalue weighted by atomic mass is 15.0. The topological polar surface area (TPSA) is 24.1 Å². The van der Waals surface area contributed by atoms with Crippen molar-refractivity contribution in [2.75, 3.05) is 14.1 Å². The van der Waals surface area contributed by atoms with Gasteiger partial charge in [0, 0.05) is 11.6 Å². The van der Waals surface area contributed by atoms with Crippen LogP contribution in [0.15, 0.2) is 0 Å². The highest BCUT2D eigenvalue weighted by Gasteiger charge is 2.22.